The summed E-state index contributed by atoms with van der Waals surface area (Å²) in [4.78, 5) is 13.4. The molecular formula is C29H43O9PSi. The van der Waals surface area contributed by atoms with Gasteiger partial charge in [-0.25, -0.2) is 0 Å². The van der Waals surface area contributed by atoms with Crippen molar-refractivity contribution in [3.63, 3.8) is 0 Å². The van der Waals surface area contributed by atoms with E-state index in [2.05, 4.69) is 19.6 Å². The third-order valence-corrected chi connectivity index (χ3v) is 9.52. The van der Waals surface area contributed by atoms with E-state index in [-0.39, 0.29) is 25.0 Å². The molecular weight excluding hydrogens is 551 g/mol. The van der Waals surface area contributed by atoms with Gasteiger partial charge in [-0.15, -0.1) is 0 Å². The fourth-order valence-corrected chi connectivity index (χ4v) is 7.45. The van der Waals surface area contributed by atoms with Crippen molar-refractivity contribution in [3.05, 3.63) is 65.7 Å². The van der Waals surface area contributed by atoms with Gasteiger partial charge >= 0.3 is 7.60 Å². The van der Waals surface area contributed by atoms with Crippen molar-refractivity contribution in [3.8, 4) is 5.75 Å². The molecule has 222 valence electrons. The fourth-order valence-electron chi connectivity index (χ4n) is 4.91. The molecule has 0 bridgehead atoms. The van der Waals surface area contributed by atoms with Gasteiger partial charge in [0.2, 0.25) is 0 Å². The van der Waals surface area contributed by atoms with Crippen LogP contribution in [-0.4, -0.2) is 66.0 Å². The van der Waals surface area contributed by atoms with Gasteiger partial charge in [-0.1, -0.05) is 42.5 Å². The van der Waals surface area contributed by atoms with E-state index in [1.807, 2.05) is 61.5 Å². The Morgan fingerprint density at radius 1 is 1.05 bits per heavy atom. The second-order valence-corrected chi connectivity index (χ2v) is 17.7. The maximum Gasteiger partial charge on any atom is 0.337 e. The van der Waals surface area contributed by atoms with E-state index < -0.39 is 40.0 Å². The summed E-state index contributed by atoms with van der Waals surface area (Å²) in [5.41, 5.74) is 0.734. The number of benzene rings is 2. The van der Waals surface area contributed by atoms with Crippen LogP contribution in [0.1, 0.15) is 37.2 Å². The zero-order valence-corrected chi connectivity index (χ0v) is 26.5. The molecule has 1 fully saturated rings. The molecule has 1 aliphatic rings. The van der Waals surface area contributed by atoms with E-state index in [0.717, 1.165) is 16.9 Å². The number of rotatable bonds is 15. The van der Waals surface area contributed by atoms with E-state index in [1.165, 1.54) is 14.2 Å². The van der Waals surface area contributed by atoms with Crippen molar-refractivity contribution >= 4 is 21.7 Å². The predicted octanol–water partition coefficient (Wildman–Crippen LogP) is 6.14. The monoisotopic (exact) mass is 594 g/mol. The normalized spacial score (nSPS) is 20.5. The van der Waals surface area contributed by atoms with Crippen molar-refractivity contribution in [2.75, 3.05) is 34.1 Å². The van der Waals surface area contributed by atoms with Crippen molar-refractivity contribution in [2.45, 2.75) is 70.1 Å². The highest BCUT2D eigenvalue weighted by molar-refractivity contribution is 7.54. The Balaban J connectivity index is 1.95. The van der Waals surface area contributed by atoms with Gasteiger partial charge in [-0.2, -0.15) is 0 Å². The molecule has 2 aromatic carbocycles. The SMILES string of the molecule is COc1ccc(CO[C@@H]([C@@H]2CCO[C@H](c3ccccc3)O2)[C@@](C)(CC(=O)CP(=O)(OC)OC)O[Si](C)(C)C)cc1. The standard InChI is InChI=1S/C29H43O9PSi/c1-29(38-40(5,6)7,19-24(30)21-39(31,33-3)34-4)27(36-20-22-13-15-25(32-2)16-14-22)26-17-18-35-28(37-26)23-11-9-8-10-12-23/h8-16,26-28H,17-21H2,1-7H3/t26-,27-,28-,29+/m0/s1. The molecule has 0 saturated carbocycles. The van der Waals surface area contributed by atoms with Crippen LogP contribution in [0.5, 0.6) is 5.75 Å². The largest absolute Gasteiger partial charge is 0.497 e. The first kappa shape index (κ1) is 32.6. The van der Waals surface area contributed by atoms with E-state index >= 15 is 0 Å². The number of hydrogen-bond acceptors (Lipinski definition) is 9. The average molecular weight is 595 g/mol. The van der Waals surface area contributed by atoms with E-state index in [9.17, 15) is 9.36 Å². The molecule has 4 atom stereocenters. The van der Waals surface area contributed by atoms with Gasteiger partial charge in [0.05, 0.1) is 32.0 Å². The summed E-state index contributed by atoms with van der Waals surface area (Å²) in [6.07, 6.45) is -1.55. The highest BCUT2D eigenvalue weighted by atomic mass is 31.2. The van der Waals surface area contributed by atoms with Crippen LogP contribution >= 0.6 is 7.60 Å². The van der Waals surface area contributed by atoms with E-state index in [0.29, 0.717) is 13.0 Å². The molecule has 0 N–H and O–H groups in total. The lowest BCUT2D eigenvalue weighted by Gasteiger charge is -2.46. The van der Waals surface area contributed by atoms with Crippen LogP contribution in [0.15, 0.2) is 54.6 Å². The van der Waals surface area contributed by atoms with Gasteiger partial charge < -0.3 is 32.4 Å². The lowest BCUT2D eigenvalue weighted by molar-refractivity contribution is -0.263. The maximum atomic E-state index is 13.4. The molecule has 40 heavy (non-hydrogen) atoms. The summed E-state index contributed by atoms with van der Waals surface area (Å²) in [6.45, 7) is 8.77. The molecule has 0 amide bonds. The van der Waals surface area contributed by atoms with Crippen LogP contribution in [-0.2, 0) is 43.7 Å². The van der Waals surface area contributed by atoms with Gasteiger partial charge in [-0.3, -0.25) is 9.36 Å². The average Bonchev–Trinajstić information content (AvgIpc) is 2.92. The van der Waals surface area contributed by atoms with E-state index in [4.69, 9.17) is 32.4 Å². The second-order valence-electron chi connectivity index (χ2n) is 11.0. The van der Waals surface area contributed by atoms with Crippen LogP contribution < -0.4 is 4.74 Å². The molecule has 0 aromatic heterocycles. The summed E-state index contributed by atoms with van der Waals surface area (Å²) in [5.74, 6) is 0.439. The summed E-state index contributed by atoms with van der Waals surface area (Å²) in [7, 11) is -1.62. The summed E-state index contributed by atoms with van der Waals surface area (Å²) in [6, 6.07) is 17.3. The number of carbonyl (C=O) groups is 1. The Bertz CT molecular complexity index is 1110. The highest BCUT2D eigenvalue weighted by Crippen LogP contribution is 2.47. The van der Waals surface area contributed by atoms with Crippen LogP contribution in [0.3, 0.4) is 0 Å². The maximum absolute atomic E-state index is 13.4. The molecule has 2 aromatic rings. The minimum Gasteiger partial charge on any atom is -0.497 e. The highest BCUT2D eigenvalue weighted by Gasteiger charge is 2.48. The van der Waals surface area contributed by atoms with Crippen LogP contribution in [0.4, 0.5) is 0 Å². The van der Waals surface area contributed by atoms with Gasteiger partial charge in [0, 0.05) is 26.2 Å². The summed E-state index contributed by atoms with van der Waals surface area (Å²) >= 11 is 0. The number of hydrogen-bond donors (Lipinski definition) is 0. The summed E-state index contributed by atoms with van der Waals surface area (Å²) in [5, 5.41) is 0. The third kappa shape index (κ3) is 9.32. The molecule has 0 radical (unpaired) electrons. The Morgan fingerprint density at radius 3 is 2.27 bits per heavy atom. The Kier molecular flexibility index (Phi) is 11.7. The van der Waals surface area contributed by atoms with Crippen molar-refractivity contribution < 1.29 is 41.8 Å². The second kappa shape index (κ2) is 14.3. The minimum absolute atomic E-state index is 0.0576. The summed E-state index contributed by atoms with van der Waals surface area (Å²) < 4.78 is 54.0. The molecule has 9 nitrogen and oxygen atoms in total. The number of carbonyl (C=O) groups excluding carboxylic acids is 1. The minimum atomic E-state index is -3.56. The molecule has 0 unspecified atom stereocenters. The molecule has 1 saturated heterocycles. The van der Waals surface area contributed by atoms with Gasteiger partial charge in [0.1, 0.15) is 23.8 Å². The van der Waals surface area contributed by atoms with Gasteiger partial charge in [0.25, 0.3) is 0 Å². The lowest BCUT2D eigenvalue weighted by atomic mass is 9.88. The topological polar surface area (TPSA) is 98.8 Å². The Hall–Kier alpha value is -1.88. The smallest absolute Gasteiger partial charge is 0.337 e. The Morgan fingerprint density at radius 2 is 1.70 bits per heavy atom. The first-order chi connectivity index (χ1) is 18.9. The third-order valence-electron chi connectivity index (χ3n) is 6.58. The van der Waals surface area contributed by atoms with Crippen molar-refractivity contribution in [2.24, 2.45) is 0 Å². The predicted molar refractivity (Wildman–Crippen MR) is 155 cm³/mol. The van der Waals surface area contributed by atoms with Crippen molar-refractivity contribution in [1.29, 1.82) is 0 Å². The van der Waals surface area contributed by atoms with Crippen LogP contribution in [0, 0.1) is 0 Å². The van der Waals surface area contributed by atoms with Crippen LogP contribution in [0.2, 0.25) is 19.6 Å². The van der Waals surface area contributed by atoms with E-state index in [1.54, 1.807) is 7.11 Å². The van der Waals surface area contributed by atoms with Gasteiger partial charge in [0.15, 0.2) is 14.6 Å². The number of ether oxygens (including phenoxy) is 4. The van der Waals surface area contributed by atoms with Crippen LogP contribution in [0.25, 0.3) is 0 Å². The zero-order valence-electron chi connectivity index (χ0n) is 24.6. The molecule has 1 aliphatic heterocycles. The first-order valence-corrected chi connectivity index (χ1v) is 18.5. The Labute approximate surface area is 239 Å². The fraction of sp³-hybridized carbons (Fsp3) is 0.552. The molecule has 3 rings (SSSR count). The number of ketones is 1. The zero-order chi connectivity index (χ0) is 29.4. The van der Waals surface area contributed by atoms with Crippen molar-refractivity contribution in [1.82, 2.24) is 0 Å². The molecule has 1 heterocycles. The quantitative estimate of drug-likeness (QED) is 0.178. The molecule has 0 spiro atoms. The first-order valence-electron chi connectivity index (χ1n) is 13.4. The number of Topliss-reactive ketones (excluding diaryl/α,β-unsaturated/α-hetero) is 1. The number of methoxy groups -OCH3 is 1. The molecule has 11 heteroatoms. The molecule has 0 aliphatic carbocycles. The lowest BCUT2D eigenvalue weighted by Crippen LogP contribution is -2.57. The van der Waals surface area contributed by atoms with Gasteiger partial charge in [-0.05, 0) is 50.7 Å².